The van der Waals surface area contributed by atoms with Gasteiger partial charge in [0.25, 0.3) is 0 Å². The number of carbonyl (C=O) groups is 1. The maximum atomic E-state index is 12.5. The average Bonchev–Trinajstić information content (AvgIpc) is 3.28. The largest absolute Gasteiger partial charge is 0.573 e. The van der Waals surface area contributed by atoms with Crippen molar-refractivity contribution in [2.45, 2.75) is 26.6 Å². The van der Waals surface area contributed by atoms with Crippen molar-refractivity contribution in [3.05, 3.63) is 89.5 Å². The Hall–Kier alpha value is -4.58. The number of aryl methyl sites for hydroxylation is 1. The van der Waals surface area contributed by atoms with E-state index < -0.39 is 6.36 Å². The van der Waals surface area contributed by atoms with E-state index >= 15 is 0 Å². The second-order valence-corrected chi connectivity index (χ2v) is 8.90. The van der Waals surface area contributed by atoms with E-state index in [4.69, 9.17) is 12.2 Å². The number of rotatable bonds is 8. The first-order chi connectivity index (χ1) is 18.6. The van der Waals surface area contributed by atoms with Gasteiger partial charge in [-0.25, -0.2) is 0 Å². The van der Waals surface area contributed by atoms with Crippen LogP contribution in [0.3, 0.4) is 0 Å². The van der Waals surface area contributed by atoms with Gasteiger partial charge in [-0.2, -0.15) is 14.8 Å². The third-order valence-electron chi connectivity index (χ3n) is 5.39. The molecule has 0 fully saturated rings. The fraction of sp³-hybridized carbons (Fsp3) is 0.148. The lowest BCUT2D eigenvalue weighted by molar-refractivity contribution is -0.274. The number of hydrogen-bond acceptors (Lipinski definition) is 6. The molecule has 1 heterocycles. The first kappa shape index (κ1) is 27.5. The predicted molar refractivity (Wildman–Crippen MR) is 146 cm³/mol. The van der Waals surface area contributed by atoms with Crippen molar-refractivity contribution in [2.24, 2.45) is 5.10 Å². The lowest BCUT2D eigenvalue weighted by atomic mass is 10.1. The molecule has 200 valence electrons. The number of thiocarbonyl (C=S) groups is 1. The van der Waals surface area contributed by atoms with E-state index in [2.05, 4.69) is 30.7 Å². The number of nitrogens with zero attached hydrogens (tertiary/aromatic N) is 4. The zero-order valence-corrected chi connectivity index (χ0v) is 21.7. The molecule has 1 aromatic heterocycles. The van der Waals surface area contributed by atoms with Gasteiger partial charge in [0.15, 0.2) is 5.82 Å². The van der Waals surface area contributed by atoms with Crippen LogP contribution >= 0.6 is 12.2 Å². The van der Waals surface area contributed by atoms with Gasteiger partial charge in [0.1, 0.15) is 10.7 Å². The summed E-state index contributed by atoms with van der Waals surface area (Å²) in [6.07, 6.45) is -2.59. The number of hydrazone groups is 1. The smallest absolute Gasteiger partial charge is 0.406 e. The number of ether oxygens (including phenoxy) is 1. The van der Waals surface area contributed by atoms with Crippen LogP contribution in [0.2, 0.25) is 0 Å². The highest BCUT2D eigenvalue weighted by Gasteiger charge is 2.31. The minimum absolute atomic E-state index is 0.110. The van der Waals surface area contributed by atoms with Gasteiger partial charge >= 0.3 is 6.36 Å². The number of halogens is 3. The van der Waals surface area contributed by atoms with Crippen LogP contribution in [0.25, 0.3) is 17.1 Å². The van der Waals surface area contributed by atoms with E-state index in [1.807, 2.05) is 43.3 Å². The molecule has 2 N–H and O–H groups in total. The summed E-state index contributed by atoms with van der Waals surface area (Å²) in [5.41, 5.74) is 6.99. The molecule has 3 aromatic carbocycles. The Morgan fingerprint density at radius 2 is 1.77 bits per heavy atom. The van der Waals surface area contributed by atoms with Crippen LogP contribution in [0.1, 0.15) is 23.6 Å². The number of carbonyl (C=O) groups excluding carboxylic acids is 1. The summed E-state index contributed by atoms with van der Waals surface area (Å²) in [5, 5.41) is 11.2. The van der Waals surface area contributed by atoms with Crippen LogP contribution in [-0.4, -0.2) is 38.2 Å². The summed E-state index contributed by atoms with van der Waals surface area (Å²) in [6.45, 7) is 3.34. The highest BCUT2D eigenvalue weighted by atomic mass is 32.1. The molecule has 0 spiro atoms. The van der Waals surface area contributed by atoms with Crippen molar-refractivity contribution in [3.8, 4) is 22.8 Å². The third-order valence-corrected chi connectivity index (χ3v) is 5.63. The summed E-state index contributed by atoms with van der Waals surface area (Å²) in [4.78, 5) is 16.7. The zero-order chi connectivity index (χ0) is 28.0. The van der Waals surface area contributed by atoms with Gasteiger partial charge in [-0.05, 0) is 47.9 Å². The molecular formula is C27H23F3N6O2S. The second kappa shape index (κ2) is 11.9. The van der Waals surface area contributed by atoms with Crippen LogP contribution in [0, 0.1) is 6.92 Å². The van der Waals surface area contributed by atoms with Crippen LogP contribution in [0.4, 0.5) is 19.1 Å². The number of nitrogens with one attached hydrogen (secondary N) is 2. The van der Waals surface area contributed by atoms with Crippen LogP contribution in [0.15, 0.2) is 77.9 Å². The van der Waals surface area contributed by atoms with Gasteiger partial charge in [-0.15, -0.1) is 18.3 Å². The molecule has 0 saturated heterocycles. The number of hydrogen-bond donors (Lipinski definition) is 2. The topological polar surface area (TPSA) is 93.4 Å². The van der Waals surface area contributed by atoms with Crippen molar-refractivity contribution in [3.63, 3.8) is 0 Å². The highest BCUT2D eigenvalue weighted by molar-refractivity contribution is 7.80. The summed E-state index contributed by atoms with van der Waals surface area (Å²) < 4.78 is 42.7. The zero-order valence-electron chi connectivity index (χ0n) is 20.9. The molecule has 0 radical (unpaired) electrons. The van der Waals surface area contributed by atoms with Crippen molar-refractivity contribution < 1.29 is 22.7 Å². The highest BCUT2D eigenvalue weighted by Crippen LogP contribution is 2.26. The Morgan fingerprint density at radius 1 is 1.08 bits per heavy atom. The molecule has 39 heavy (non-hydrogen) atoms. The van der Waals surface area contributed by atoms with Crippen LogP contribution < -0.4 is 15.5 Å². The molecule has 4 rings (SSSR count). The molecule has 12 heteroatoms. The molecule has 0 unspecified atom stereocenters. The van der Waals surface area contributed by atoms with Gasteiger partial charge < -0.3 is 4.74 Å². The molecular weight excluding hydrogens is 529 g/mol. The van der Waals surface area contributed by atoms with Crippen LogP contribution in [0.5, 0.6) is 5.75 Å². The standard InChI is InChI=1S/C27H23F3N6O2S/c1-17-5-3-4-6-21(17)15-24(39)34-31-16-19-7-9-20(10-8-19)25-33-26(32-18(2)37)36(35-25)22-11-13-23(14-12-22)38-27(28,29)30/h3-14,16H,15H2,1-2H3,(H,34,39)(H,32,33,35,37). The molecule has 0 aliphatic rings. The van der Waals surface area contributed by atoms with E-state index in [0.29, 0.717) is 28.5 Å². The SMILES string of the molecule is CC(=O)Nc1nc(-c2ccc(C=NNC(=S)Cc3ccccc3C)cc2)nn1-c1ccc(OC(F)(F)F)cc1. The molecule has 0 aliphatic carbocycles. The fourth-order valence-electron chi connectivity index (χ4n) is 3.56. The summed E-state index contributed by atoms with van der Waals surface area (Å²) in [6, 6.07) is 20.2. The van der Waals surface area contributed by atoms with Crippen molar-refractivity contribution in [2.75, 3.05) is 5.32 Å². The molecule has 0 saturated carbocycles. The molecule has 0 bridgehead atoms. The Bertz CT molecular complexity index is 1500. The van der Waals surface area contributed by atoms with E-state index in [0.717, 1.165) is 28.8 Å². The van der Waals surface area contributed by atoms with Gasteiger partial charge in [-0.1, -0.05) is 60.7 Å². The van der Waals surface area contributed by atoms with E-state index in [1.165, 1.54) is 23.7 Å². The van der Waals surface area contributed by atoms with Gasteiger partial charge in [0.2, 0.25) is 11.9 Å². The lowest BCUT2D eigenvalue weighted by Gasteiger charge is -2.10. The Labute approximate surface area is 227 Å². The van der Waals surface area contributed by atoms with Crippen molar-refractivity contribution in [1.82, 2.24) is 20.2 Å². The number of anilines is 1. The van der Waals surface area contributed by atoms with Gasteiger partial charge in [0, 0.05) is 18.9 Å². The van der Waals surface area contributed by atoms with Crippen molar-refractivity contribution >= 4 is 35.3 Å². The molecule has 4 aromatic rings. The molecule has 0 aliphatic heterocycles. The number of alkyl halides is 3. The second-order valence-electron chi connectivity index (χ2n) is 8.41. The van der Waals surface area contributed by atoms with E-state index in [1.54, 1.807) is 18.3 Å². The van der Waals surface area contributed by atoms with Gasteiger partial charge in [-0.3, -0.25) is 15.5 Å². The maximum Gasteiger partial charge on any atom is 0.573 e. The Kier molecular flexibility index (Phi) is 8.35. The molecule has 0 atom stereocenters. The first-order valence-electron chi connectivity index (χ1n) is 11.6. The fourth-order valence-corrected chi connectivity index (χ4v) is 3.77. The minimum atomic E-state index is -4.80. The normalized spacial score (nSPS) is 11.4. The average molecular weight is 553 g/mol. The van der Waals surface area contributed by atoms with Crippen LogP contribution in [-0.2, 0) is 11.2 Å². The minimum Gasteiger partial charge on any atom is -0.406 e. The first-order valence-corrected chi connectivity index (χ1v) is 12.1. The predicted octanol–water partition coefficient (Wildman–Crippen LogP) is 5.59. The summed E-state index contributed by atoms with van der Waals surface area (Å²) >= 11 is 5.38. The number of amides is 1. The van der Waals surface area contributed by atoms with E-state index in [9.17, 15) is 18.0 Å². The Morgan fingerprint density at radius 3 is 2.41 bits per heavy atom. The van der Waals surface area contributed by atoms with E-state index in [-0.39, 0.29) is 17.6 Å². The van der Waals surface area contributed by atoms with Gasteiger partial charge in [0.05, 0.1) is 11.9 Å². The third kappa shape index (κ3) is 7.71. The maximum absolute atomic E-state index is 12.5. The van der Waals surface area contributed by atoms with Crippen molar-refractivity contribution in [1.29, 1.82) is 0 Å². The summed E-state index contributed by atoms with van der Waals surface area (Å²) in [7, 11) is 0. The quantitative estimate of drug-likeness (QED) is 0.168. The Balaban J connectivity index is 1.47. The molecule has 8 nitrogen and oxygen atoms in total. The summed E-state index contributed by atoms with van der Waals surface area (Å²) in [5.74, 6) is -0.351. The number of benzene rings is 3. The monoisotopic (exact) mass is 552 g/mol. The molecule has 1 amide bonds. The number of aromatic nitrogens is 3. The lowest BCUT2D eigenvalue weighted by Crippen LogP contribution is -2.18.